The van der Waals surface area contributed by atoms with Crippen molar-refractivity contribution in [3.05, 3.63) is 0 Å². The summed E-state index contributed by atoms with van der Waals surface area (Å²) in [5, 5.41) is 0. The highest BCUT2D eigenvalue weighted by Crippen LogP contribution is 2.39. The summed E-state index contributed by atoms with van der Waals surface area (Å²) in [5.74, 6) is -0.0472. The van der Waals surface area contributed by atoms with Gasteiger partial charge in [-0.2, -0.15) is 0 Å². The molecule has 2 heteroatoms. The Balaban J connectivity index is 4.63. The first kappa shape index (κ1) is 14.5. The normalized spacial score (nSPS) is 15.9. The summed E-state index contributed by atoms with van der Waals surface area (Å²) in [6.07, 6.45) is 2.82. The van der Waals surface area contributed by atoms with Crippen LogP contribution in [0.5, 0.6) is 0 Å². The number of hydrogen-bond donors (Lipinski definition) is 0. The Labute approximate surface area is 94.4 Å². The standard InChI is InChI=1S/C13H26O2/c1-7-12(4,5)10-13(6,8-2)11(14)15-9-3/h7-10H2,1-6H3. The van der Waals surface area contributed by atoms with Crippen molar-refractivity contribution in [2.45, 2.75) is 60.8 Å². The second-order valence-corrected chi connectivity index (χ2v) is 5.33. The molecular formula is C13H26O2. The van der Waals surface area contributed by atoms with Crippen molar-refractivity contribution in [3.8, 4) is 0 Å². The van der Waals surface area contributed by atoms with Crippen LogP contribution < -0.4 is 0 Å². The lowest BCUT2D eigenvalue weighted by atomic mass is 9.71. The largest absolute Gasteiger partial charge is 0.466 e. The van der Waals surface area contributed by atoms with E-state index in [0.717, 1.165) is 19.3 Å². The van der Waals surface area contributed by atoms with Crippen LogP contribution in [0.1, 0.15) is 60.8 Å². The molecule has 0 rings (SSSR count). The number of carbonyl (C=O) groups excluding carboxylic acids is 1. The third-order valence-electron chi connectivity index (χ3n) is 3.37. The molecule has 0 saturated heterocycles. The number of esters is 1. The summed E-state index contributed by atoms with van der Waals surface area (Å²) in [5.41, 5.74) is -0.118. The summed E-state index contributed by atoms with van der Waals surface area (Å²) < 4.78 is 5.15. The molecule has 0 aromatic heterocycles. The van der Waals surface area contributed by atoms with Gasteiger partial charge in [-0.1, -0.05) is 34.1 Å². The van der Waals surface area contributed by atoms with E-state index in [1.165, 1.54) is 0 Å². The van der Waals surface area contributed by atoms with E-state index in [2.05, 4.69) is 27.7 Å². The third-order valence-corrected chi connectivity index (χ3v) is 3.37. The van der Waals surface area contributed by atoms with Gasteiger partial charge in [-0.3, -0.25) is 4.79 Å². The van der Waals surface area contributed by atoms with Crippen LogP contribution in [0, 0.1) is 10.8 Å². The second-order valence-electron chi connectivity index (χ2n) is 5.33. The molecular weight excluding hydrogens is 188 g/mol. The van der Waals surface area contributed by atoms with Crippen molar-refractivity contribution in [1.82, 2.24) is 0 Å². The second kappa shape index (κ2) is 5.53. The average Bonchev–Trinajstić information content (AvgIpc) is 2.17. The highest BCUT2D eigenvalue weighted by Gasteiger charge is 2.37. The quantitative estimate of drug-likeness (QED) is 0.629. The number of carbonyl (C=O) groups is 1. The minimum atomic E-state index is -0.324. The van der Waals surface area contributed by atoms with Crippen LogP contribution in [0.3, 0.4) is 0 Å². The molecule has 0 aliphatic rings. The van der Waals surface area contributed by atoms with Crippen LogP contribution in [0.15, 0.2) is 0 Å². The monoisotopic (exact) mass is 214 g/mol. The predicted molar refractivity (Wildman–Crippen MR) is 63.7 cm³/mol. The first-order chi connectivity index (χ1) is 6.81. The molecule has 15 heavy (non-hydrogen) atoms. The van der Waals surface area contributed by atoms with Gasteiger partial charge < -0.3 is 4.74 Å². The van der Waals surface area contributed by atoms with Crippen LogP contribution in [0.25, 0.3) is 0 Å². The number of ether oxygens (including phenoxy) is 1. The molecule has 1 atom stereocenters. The minimum absolute atomic E-state index is 0.0472. The summed E-state index contributed by atoms with van der Waals surface area (Å²) in [4.78, 5) is 11.9. The molecule has 0 aliphatic carbocycles. The van der Waals surface area contributed by atoms with Gasteiger partial charge >= 0.3 is 5.97 Å². The molecule has 0 radical (unpaired) electrons. The van der Waals surface area contributed by atoms with Gasteiger partial charge in [0.1, 0.15) is 0 Å². The van der Waals surface area contributed by atoms with Gasteiger partial charge in [0, 0.05) is 0 Å². The highest BCUT2D eigenvalue weighted by atomic mass is 16.5. The fraction of sp³-hybridized carbons (Fsp3) is 0.923. The van der Waals surface area contributed by atoms with E-state index in [1.54, 1.807) is 0 Å². The van der Waals surface area contributed by atoms with Gasteiger partial charge in [-0.25, -0.2) is 0 Å². The van der Waals surface area contributed by atoms with Gasteiger partial charge in [-0.05, 0) is 32.1 Å². The first-order valence-corrected chi connectivity index (χ1v) is 5.98. The predicted octanol–water partition coefficient (Wildman–Crippen LogP) is 3.79. The molecule has 0 heterocycles. The van der Waals surface area contributed by atoms with E-state index < -0.39 is 0 Å². The van der Waals surface area contributed by atoms with Crippen molar-refractivity contribution >= 4 is 5.97 Å². The molecule has 0 aromatic carbocycles. The van der Waals surface area contributed by atoms with Gasteiger partial charge in [0.2, 0.25) is 0 Å². The molecule has 0 aromatic rings. The Hall–Kier alpha value is -0.530. The molecule has 0 fully saturated rings. The smallest absolute Gasteiger partial charge is 0.311 e. The lowest BCUT2D eigenvalue weighted by Gasteiger charge is -2.34. The van der Waals surface area contributed by atoms with E-state index in [4.69, 9.17) is 4.74 Å². The topological polar surface area (TPSA) is 26.3 Å². The Morgan fingerprint density at radius 2 is 1.60 bits per heavy atom. The van der Waals surface area contributed by atoms with E-state index >= 15 is 0 Å². The molecule has 0 amide bonds. The Kier molecular flexibility index (Phi) is 5.33. The molecule has 2 nitrogen and oxygen atoms in total. The van der Waals surface area contributed by atoms with E-state index in [9.17, 15) is 4.79 Å². The fourth-order valence-electron chi connectivity index (χ4n) is 1.83. The van der Waals surface area contributed by atoms with Crippen LogP contribution in [0.4, 0.5) is 0 Å². The van der Waals surface area contributed by atoms with Gasteiger partial charge in [0.25, 0.3) is 0 Å². The van der Waals surface area contributed by atoms with Crippen LogP contribution in [-0.4, -0.2) is 12.6 Å². The summed E-state index contributed by atoms with van der Waals surface area (Å²) in [7, 11) is 0. The van der Waals surface area contributed by atoms with E-state index in [-0.39, 0.29) is 16.8 Å². The number of hydrogen-bond acceptors (Lipinski definition) is 2. The molecule has 0 aliphatic heterocycles. The number of rotatable bonds is 6. The summed E-state index contributed by atoms with van der Waals surface area (Å²) in [6.45, 7) is 13.0. The Morgan fingerprint density at radius 3 is 1.93 bits per heavy atom. The molecule has 1 unspecified atom stereocenters. The van der Waals surface area contributed by atoms with Gasteiger partial charge in [0.05, 0.1) is 12.0 Å². The van der Waals surface area contributed by atoms with Gasteiger partial charge in [0.15, 0.2) is 0 Å². The molecule has 0 N–H and O–H groups in total. The SMILES string of the molecule is CCOC(=O)C(C)(CC)CC(C)(C)CC. The molecule has 0 saturated carbocycles. The molecule has 0 bridgehead atoms. The summed E-state index contributed by atoms with van der Waals surface area (Å²) in [6, 6.07) is 0. The van der Waals surface area contributed by atoms with E-state index in [1.807, 2.05) is 13.8 Å². The maximum Gasteiger partial charge on any atom is 0.311 e. The molecule has 90 valence electrons. The average molecular weight is 214 g/mol. The lowest BCUT2D eigenvalue weighted by molar-refractivity contribution is -0.156. The first-order valence-electron chi connectivity index (χ1n) is 5.98. The van der Waals surface area contributed by atoms with Crippen molar-refractivity contribution in [2.24, 2.45) is 10.8 Å². The summed E-state index contributed by atoms with van der Waals surface area (Å²) >= 11 is 0. The van der Waals surface area contributed by atoms with Crippen molar-refractivity contribution in [2.75, 3.05) is 6.61 Å². The van der Waals surface area contributed by atoms with E-state index in [0.29, 0.717) is 6.61 Å². The van der Waals surface area contributed by atoms with Crippen LogP contribution >= 0.6 is 0 Å². The van der Waals surface area contributed by atoms with Crippen molar-refractivity contribution in [3.63, 3.8) is 0 Å². The zero-order chi connectivity index (χ0) is 12.1. The minimum Gasteiger partial charge on any atom is -0.466 e. The zero-order valence-corrected chi connectivity index (χ0v) is 11.1. The fourth-order valence-corrected chi connectivity index (χ4v) is 1.83. The Bertz CT molecular complexity index is 209. The zero-order valence-electron chi connectivity index (χ0n) is 11.1. The van der Waals surface area contributed by atoms with Crippen LogP contribution in [0.2, 0.25) is 0 Å². The van der Waals surface area contributed by atoms with Crippen LogP contribution in [-0.2, 0) is 9.53 Å². The maximum absolute atomic E-state index is 11.9. The van der Waals surface area contributed by atoms with Gasteiger partial charge in [-0.15, -0.1) is 0 Å². The maximum atomic E-state index is 11.9. The Morgan fingerprint density at radius 1 is 1.07 bits per heavy atom. The van der Waals surface area contributed by atoms with Crippen molar-refractivity contribution in [1.29, 1.82) is 0 Å². The lowest BCUT2D eigenvalue weighted by Crippen LogP contribution is -2.34. The third kappa shape index (κ3) is 4.23. The molecule has 0 spiro atoms. The highest BCUT2D eigenvalue weighted by molar-refractivity contribution is 5.76. The van der Waals surface area contributed by atoms with Crippen molar-refractivity contribution < 1.29 is 9.53 Å².